The lowest BCUT2D eigenvalue weighted by Gasteiger charge is -2.08. The van der Waals surface area contributed by atoms with Gasteiger partial charge in [-0.25, -0.2) is 4.99 Å². The lowest BCUT2D eigenvalue weighted by molar-refractivity contribution is -0.306. The van der Waals surface area contributed by atoms with E-state index >= 15 is 0 Å². The van der Waals surface area contributed by atoms with Crippen LogP contribution in [0.2, 0.25) is 0 Å². The molecule has 0 atom stereocenters. The van der Waals surface area contributed by atoms with Gasteiger partial charge >= 0.3 is 0 Å². The number of carboxylic acid groups (broad SMARTS) is 1. The van der Waals surface area contributed by atoms with Crippen molar-refractivity contribution in [3.8, 4) is 5.75 Å². The molecule has 0 unspecified atom stereocenters. The molecule has 0 N–H and O–H groups in total. The molecule has 158 valence electrons. The zero-order valence-corrected chi connectivity index (χ0v) is 18.1. The van der Waals surface area contributed by atoms with Crippen molar-refractivity contribution in [2.45, 2.75) is 13.5 Å². The van der Waals surface area contributed by atoms with Crippen LogP contribution in [0.3, 0.4) is 0 Å². The Labute approximate surface area is 183 Å². The molecule has 7 nitrogen and oxygen atoms in total. The van der Waals surface area contributed by atoms with Crippen molar-refractivity contribution in [2.24, 2.45) is 4.99 Å². The molecule has 1 saturated heterocycles. The molecular formula is C23H20N3O4S-. The number of likely N-dealkylation sites (N-methyl/N-ethyl adjacent to an activating group) is 1. The molecule has 0 radical (unpaired) electrons. The highest BCUT2D eigenvalue weighted by Crippen LogP contribution is 2.36. The Morgan fingerprint density at radius 2 is 1.90 bits per heavy atom. The number of benzene rings is 2. The number of rotatable bonds is 5. The minimum atomic E-state index is -1.16. The highest BCUT2D eigenvalue weighted by atomic mass is 32.2. The van der Waals surface area contributed by atoms with Crippen LogP contribution in [0, 0.1) is 6.92 Å². The van der Waals surface area contributed by atoms with Gasteiger partial charge in [-0.05, 0) is 55.1 Å². The van der Waals surface area contributed by atoms with E-state index in [1.54, 1.807) is 18.7 Å². The van der Waals surface area contributed by atoms with Crippen LogP contribution in [0.1, 0.15) is 11.3 Å². The summed E-state index contributed by atoms with van der Waals surface area (Å²) in [7, 11) is 3.29. The van der Waals surface area contributed by atoms with Gasteiger partial charge in [0.15, 0.2) is 5.17 Å². The maximum absolute atomic E-state index is 12.9. The van der Waals surface area contributed by atoms with Crippen LogP contribution in [0.25, 0.3) is 17.0 Å². The zero-order valence-electron chi connectivity index (χ0n) is 17.3. The molecule has 3 aromatic rings. The quantitative estimate of drug-likeness (QED) is 0.576. The van der Waals surface area contributed by atoms with Crippen LogP contribution in [-0.4, -0.2) is 40.7 Å². The summed E-state index contributed by atoms with van der Waals surface area (Å²) >= 11 is 1.29. The first-order valence-corrected chi connectivity index (χ1v) is 10.4. The Balaban J connectivity index is 1.73. The minimum Gasteiger partial charge on any atom is -0.548 e. The number of ether oxygens (including phenoxy) is 1. The summed E-state index contributed by atoms with van der Waals surface area (Å²) in [5.41, 5.74) is 3.07. The van der Waals surface area contributed by atoms with Gasteiger partial charge in [0, 0.05) is 29.2 Å². The van der Waals surface area contributed by atoms with Gasteiger partial charge in [0.2, 0.25) is 0 Å². The third-order valence-corrected chi connectivity index (χ3v) is 6.20. The zero-order chi connectivity index (χ0) is 22.1. The predicted octanol–water partition coefficient (Wildman–Crippen LogP) is 2.94. The van der Waals surface area contributed by atoms with Gasteiger partial charge in [-0.1, -0.05) is 18.2 Å². The minimum absolute atomic E-state index is 0.159. The number of carboxylic acids is 1. The molecule has 0 aliphatic carbocycles. The molecule has 2 aromatic carbocycles. The second-order valence-corrected chi connectivity index (χ2v) is 8.05. The predicted molar refractivity (Wildman–Crippen MR) is 120 cm³/mol. The maximum Gasteiger partial charge on any atom is 0.266 e. The number of carbonyl (C=O) groups excluding carboxylic acids is 2. The molecule has 1 amide bonds. The van der Waals surface area contributed by atoms with E-state index in [1.807, 2.05) is 61.5 Å². The van der Waals surface area contributed by atoms with E-state index in [-0.39, 0.29) is 12.5 Å². The summed E-state index contributed by atoms with van der Waals surface area (Å²) in [5.74, 6) is -0.590. The largest absolute Gasteiger partial charge is 0.548 e. The van der Waals surface area contributed by atoms with Gasteiger partial charge in [-0.2, -0.15) is 0 Å². The lowest BCUT2D eigenvalue weighted by atomic mass is 10.1. The fourth-order valence-corrected chi connectivity index (χ4v) is 4.49. The van der Waals surface area contributed by atoms with Crippen molar-refractivity contribution < 1.29 is 19.4 Å². The molecule has 1 aliphatic rings. The number of para-hydroxylation sites is 1. The fourth-order valence-electron chi connectivity index (χ4n) is 3.52. The third-order valence-electron chi connectivity index (χ3n) is 5.14. The molecule has 31 heavy (non-hydrogen) atoms. The average molecular weight is 434 g/mol. The van der Waals surface area contributed by atoms with Crippen LogP contribution in [-0.2, 0) is 16.1 Å². The number of hydrogen-bond acceptors (Lipinski definition) is 6. The van der Waals surface area contributed by atoms with Crippen molar-refractivity contribution >= 4 is 51.5 Å². The molecule has 1 fully saturated rings. The van der Waals surface area contributed by atoms with Crippen LogP contribution in [0.4, 0.5) is 5.69 Å². The second-order valence-electron chi connectivity index (χ2n) is 7.04. The Kier molecular flexibility index (Phi) is 5.56. The Morgan fingerprint density at radius 3 is 2.58 bits per heavy atom. The van der Waals surface area contributed by atoms with Crippen molar-refractivity contribution in [2.75, 3.05) is 14.2 Å². The number of hydrogen-bond donors (Lipinski definition) is 0. The highest BCUT2D eigenvalue weighted by molar-refractivity contribution is 8.18. The molecule has 4 rings (SSSR count). The SMILES string of the molecule is COc1ccc(N=C2S/C(=C\c3c(C)n(CC(=O)[O-])c4ccccc34)C(=O)N2C)cc1. The fraction of sp³-hybridized carbons (Fsp3) is 0.174. The number of methoxy groups -OCH3 is 1. The Hall–Kier alpha value is -3.52. The van der Waals surface area contributed by atoms with Gasteiger partial charge in [-0.15, -0.1) is 0 Å². The van der Waals surface area contributed by atoms with Gasteiger partial charge in [0.1, 0.15) is 5.75 Å². The number of thioether (sulfide) groups is 1. The highest BCUT2D eigenvalue weighted by Gasteiger charge is 2.31. The van der Waals surface area contributed by atoms with Crippen LogP contribution in [0.5, 0.6) is 5.75 Å². The average Bonchev–Trinajstić information content (AvgIpc) is 3.18. The monoisotopic (exact) mass is 434 g/mol. The van der Waals surface area contributed by atoms with Crippen LogP contribution >= 0.6 is 11.8 Å². The number of carbonyl (C=O) groups is 2. The van der Waals surface area contributed by atoms with Crippen molar-refractivity contribution in [1.82, 2.24) is 9.47 Å². The van der Waals surface area contributed by atoms with Gasteiger partial charge in [0.05, 0.1) is 30.2 Å². The molecule has 8 heteroatoms. The van der Waals surface area contributed by atoms with Crippen molar-refractivity contribution in [3.63, 3.8) is 0 Å². The molecule has 1 aromatic heterocycles. The van der Waals surface area contributed by atoms with E-state index in [0.29, 0.717) is 15.8 Å². The molecule has 2 heterocycles. The van der Waals surface area contributed by atoms with Gasteiger partial charge < -0.3 is 19.2 Å². The van der Waals surface area contributed by atoms with E-state index in [9.17, 15) is 14.7 Å². The summed E-state index contributed by atoms with van der Waals surface area (Å²) in [5, 5.41) is 12.7. The van der Waals surface area contributed by atoms with Gasteiger partial charge in [-0.3, -0.25) is 9.69 Å². The number of aromatic nitrogens is 1. The molecule has 1 aliphatic heterocycles. The third kappa shape index (κ3) is 3.94. The van der Waals surface area contributed by atoms with Crippen LogP contribution in [0.15, 0.2) is 58.4 Å². The van der Waals surface area contributed by atoms with Gasteiger partial charge in [0.25, 0.3) is 5.91 Å². The number of aliphatic imine (C=N–C) groups is 1. The van der Waals surface area contributed by atoms with E-state index in [0.717, 1.165) is 27.9 Å². The van der Waals surface area contributed by atoms with E-state index < -0.39 is 5.97 Å². The first-order valence-electron chi connectivity index (χ1n) is 9.57. The number of fused-ring (bicyclic) bond motifs is 1. The van der Waals surface area contributed by atoms with E-state index in [1.165, 1.54) is 16.7 Å². The Bertz CT molecular complexity index is 1240. The first-order chi connectivity index (χ1) is 14.9. The second kappa shape index (κ2) is 8.31. The summed E-state index contributed by atoms with van der Waals surface area (Å²) in [6, 6.07) is 14.8. The number of nitrogens with zero attached hydrogens (tertiary/aromatic N) is 3. The lowest BCUT2D eigenvalue weighted by Crippen LogP contribution is -2.27. The van der Waals surface area contributed by atoms with E-state index in [2.05, 4.69) is 4.99 Å². The first kappa shape index (κ1) is 20.7. The standard InChI is InChI=1S/C23H21N3O4S/c1-14-18(17-6-4-5-7-19(17)26(14)13-21(27)28)12-20-22(29)25(2)23(31-20)24-15-8-10-16(30-3)11-9-15/h4-12H,13H2,1-3H3,(H,27,28)/p-1/b20-12-,24-23?. The summed E-state index contributed by atoms with van der Waals surface area (Å²) in [6.45, 7) is 1.59. The normalized spacial score (nSPS) is 16.6. The summed E-state index contributed by atoms with van der Waals surface area (Å²) < 4.78 is 6.85. The molecule has 0 spiro atoms. The summed E-state index contributed by atoms with van der Waals surface area (Å²) in [6.07, 6.45) is 1.81. The van der Waals surface area contributed by atoms with E-state index in [4.69, 9.17) is 4.74 Å². The topological polar surface area (TPSA) is 87.0 Å². The van der Waals surface area contributed by atoms with Crippen LogP contribution < -0.4 is 9.84 Å². The smallest absolute Gasteiger partial charge is 0.266 e. The molecule has 0 saturated carbocycles. The number of aliphatic carboxylic acids is 1. The summed E-state index contributed by atoms with van der Waals surface area (Å²) in [4.78, 5) is 30.7. The maximum atomic E-state index is 12.9. The van der Waals surface area contributed by atoms with Crippen molar-refractivity contribution in [3.05, 3.63) is 64.7 Å². The number of amidine groups is 1. The Morgan fingerprint density at radius 1 is 1.19 bits per heavy atom. The molecule has 0 bridgehead atoms. The van der Waals surface area contributed by atoms with Crippen molar-refractivity contribution in [1.29, 1.82) is 0 Å². The number of amides is 1. The molecular weight excluding hydrogens is 414 g/mol.